The second-order valence-corrected chi connectivity index (χ2v) is 5.67. The number of nitrogens with one attached hydrogen (secondary N) is 1. The van der Waals surface area contributed by atoms with Gasteiger partial charge in [-0.15, -0.1) is 11.3 Å². The van der Waals surface area contributed by atoms with Crippen LogP contribution in [0.1, 0.15) is 16.8 Å². The van der Waals surface area contributed by atoms with E-state index in [2.05, 4.69) is 10.3 Å². The number of primary amides is 1. The zero-order valence-electron chi connectivity index (χ0n) is 12.4. The Morgan fingerprint density at radius 3 is 2.82 bits per heavy atom. The molecule has 22 heavy (non-hydrogen) atoms. The van der Waals surface area contributed by atoms with Crippen molar-refractivity contribution in [1.29, 1.82) is 0 Å². The van der Waals surface area contributed by atoms with Crippen molar-refractivity contribution in [3.63, 3.8) is 0 Å². The lowest BCUT2D eigenvalue weighted by atomic mass is 10.1. The van der Waals surface area contributed by atoms with Crippen LogP contribution in [0.15, 0.2) is 23.6 Å². The largest absolute Gasteiger partial charge is 0.496 e. The van der Waals surface area contributed by atoms with Crippen LogP contribution < -0.4 is 15.8 Å². The van der Waals surface area contributed by atoms with Gasteiger partial charge in [0.1, 0.15) is 5.75 Å². The zero-order valence-corrected chi connectivity index (χ0v) is 13.2. The minimum Gasteiger partial charge on any atom is -0.496 e. The fourth-order valence-corrected chi connectivity index (χ4v) is 2.67. The van der Waals surface area contributed by atoms with Crippen LogP contribution in [0.5, 0.6) is 5.75 Å². The van der Waals surface area contributed by atoms with Crippen molar-refractivity contribution < 1.29 is 14.3 Å². The van der Waals surface area contributed by atoms with E-state index in [1.54, 1.807) is 12.5 Å². The molecule has 0 saturated carbocycles. The predicted octanol–water partition coefficient (Wildman–Crippen LogP) is 1.67. The second kappa shape index (κ2) is 7.04. The van der Waals surface area contributed by atoms with Crippen LogP contribution in [-0.2, 0) is 22.4 Å². The lowest BCUT2D eigenvalue weighted by Crippen LogP contribution is -2.15. The van der Waals surface area contributed by atoms with Gasteiger partial charge in [-0.1, -0.05) is 12.1 Å². The molecule has 0 aliphatic heterocycles. The average Bonchev–Trinajstić information content (AvgIpc) is 2.87. The number of amides is 2. The van der Waals surface area contributed by atoms with Crippen LogP contribution in [0.3, 0.4) is 0 Å². The molecule has 3 N–H and O–H groups in total. The summed E-state index contributed by atoms with van der Waals surface area (Å²) in [5, 5.41) is 4.87. The van der Waals surface area contributed by atoms with Gasteiger partial charge in [0.2, 0.25) is 11.8 Å². The van der Waals surface area contributed by atoms with E-state index in [-0.39, 0.29) is 18.7 Å². The summed E-state index contributed by atoms with van der Waals surface area (Å²) in [7, 11) is 1.60. The molecule has 7 heteroatoms. The maximum absolute atomic E-state index is 12.0. The number of rotatable bonds is 6. The normalized spacial score (nSPS) is 10.3. The van der Waals surface area contributed by atoms with Gasteiger partial charge in [0.15, 0.2) is 5.13 Å². The van der Waals surface area contributed by atoms with Gasteiger partial charge in [-0.05, 0) is 24.1 Å². The number of ether oxygens (including phenoxy) is 1. The topological polar surface area (TPSA) is 94.3 Å². The Morgan fingerprint density at radius 1 is 1.36 bits per heavy atom. The number of aromatic nitrogens is 1. The summed E-state index contributed by atoms with van der Waals surface area (Å²) >= 11 is 1.27. The highest BCUT2D eigenvalue weighted by atomic mass is 32.1. The molecule has 116 valence electrons. The Labute approximate surface area is 132 Å². The summed E-state index contributed by atoms with van der Waals surface area (Å²) in [4.78, 5) is 27.0. The molecule has 2 rings (SSSR count). The van der Waals surface area contributed by atoms with Crippen LogP contribution in [0.4, 0.5) is 5.13 Å². The quantitative estimate of drug-likeness (QED) is 0.847. The van der Waals surface area contributed by atoms with E-state index in [0.29, 0.717) is 10.8 Å². The second-order valence-electron chi connectivity index (χ2n) is 4.82. The molecular formula is C15H17N3O3S. The number of nitrogens with zero attached hydrogens (tertiary/aromatic N) is 1. The van der Waals surface area contributed by atoms with Gasteiger partial charge in [-0.25, -0.2) is 4.98 Å². The first-order chi connectivity index (χ1) is 10.5. The molecule has 2 amide bonds. The van der Waals surface area contributed by atoms with Crippen LogP contribution >= 0.6 is 11.3 Å². The van der Waals surface area contributed by atoms with Crippen molar-refractivity contribution in [1.82, 2.24) is 4.98 Å². The van der Waals surface area contributed by atoms with Gasteiger partial charge in [0.25, 0.3) is 0 Å². The SMILES string of the molecule is COc1cc(CC(=O)Nc2nc(CC(N)=O)cs2)ccc1C. The molecule has 0 bridgehead atoms. The van der Waals surface area contributed by atoms with Crippen LogP contribution in [-0.4, -0.2) is 23.9 Å². The van der Waals surface area contributed by atoms with Gasteiger partial charge < -0.3 is 15.8 Å². The van der Waals surface area contributed by atoms with Gasteiger partial charge in [-0.2, -0.15) is 0 Å². The van der Waals surface area contributed by atoms with Gasteiger partial charge in [0.05, 0.1) is 25.6 Å². The third kappa shape index (κ3) is 4.29. The molecule has 0 saturated heterocycles. The molecule has 0 radical (unpaired) electrons. The van der Waals surface area contributed by atoms with Gasteiger partial charge in [-0.3, -0.25) is 9.59 Å². The third-order valence-electron chi connectivity index (χ3n) is 2.99. The molecule has 0 aliphatic carbocycles. The number of carbonyl (C=O) groups excluding carboxylic acids is 2. The van der Waals surface area contributed by atoms with Crippen molar-refractivity contribution >= 4 is 28.3 Å². The number of aryl methyl sites for hydroxylation is 1. The summed E-state index contributed by atoms with van der Waals surface area (Å²) in [5.41, 5.74) is 7.53. The zero-order chi connectivity index (χ0) is 16.1. The highest BCUT2D eigenvalue weighted by Crippen LogP contribution is 2.20. The molecule has 1 aromatic carbocycles. The first kappa shape index (κ1) is 16.0. The van der Waals surface area contributed by atoms with Gasteiger partial charge in [0, 0.05) is 5.38 Å². The number of thiazole rings is 1. The molecule has 0 aliphatic rings. The number of hydrogen-bond donors (Lipinski definition) is 2. The van der Waals surface area contributed by atoms with Crippen molar-refractivity contribution in [2.24, 2.45) is 5.73 Å². The molecule has 1 aromatic heterocycles. The van der Waals surface area contributed by atoms with E-state index in [4.69, 9.17) is 10.5 Å². The van der Waals surface area contributed by atoms with Gasteiger partial charge >= 0.3 is 0 Å². The first-order valence-corrected chi connectivity index (χ1v) is 7.52. The van der Waals surface area contributed by atoms with Crippen LogP contribution in [0.25, 0.3) is 0 Å². The molecule has 0 unspecified atom stereocenters. The lowest BCUT2D eigenvalue weighted by Gasteiger charge is -2.07. The maximum atomic E-state index is 12.0. The third-order valence-corrected chi connectivity index (χ3v) is 3.80. The highest BCUT2D eigenvalue weighted by Gasteiger charge is 2.10. The van der Waals surface area contributed by atoms with Crippen molar-refractivity contribution in [2.45, 2.75) is 19.8 Å². The van der Waals surface area contributed by atoms with E-state index in [0.717, 1.165) is 16.9 Å². The summed E-state index contributed by atoms with van der Waals surface area (Å²) in [6.07, 6.45) is 0.295. The van der Waals surface area contributed by atoms with E-state index in [9.17, 15) is 9.59 Å². The first-order valence-electron chi connectivity index (χ1n) is 6.64. The molecule has 2 aromatic rings. The summed E-state index contributed by atoms with van der Waals surface area (Å²) in [6.45, 7) is 1.94. The fourth-order valence-electron chi connectivity index (χ4n) is 1.95. The predicted molar refractivity (Wildman–Crippen MR) is 85.1 cm³/mol. The Kier molecular flexibility index (Phi) is 5.11. The highest BCUT2D eigenvalue weighted by molar-refractivity contribution is 7.13. The summed E-state index contributed by atoms with van der Waals surface area (Å²) in [6, 6.07) is 5.64. The number of nitrogens with two attached hydrogens (primary N) is 1. The Hall–Kier alpha value is -2.41. The molecule has 6 nitrogen and oxygen atoms in total. The van der Waals surface area contributed by atoms with Crippen molar-refractivity contribution in [3.8, 4) is 5.75 Å². The Morgan fingerprint density at radius 2 is 2.14 bits per heavy atom. The summed E-state index contributed by atoms with van der Waals surface area (Å²) in [5.74, 6) is 0.129. The molecule has 1 heterocycles. The monoisotopic (exact) mass is 319 g/mol. The van der Waals surface area contributed by atoms with E-state index in [1.807, 2.05) is 25.1 Å². The molecule has 0 atom stereocenters. The van der Waals surface area contributed by atoms with Crippen LogP contribution in [0, 0.1) is 6.92 Å². The maximum Gasteiger partial charge on any atom is 0.230 e. The van der Waals surface area contributed by atoms with E-state index >= 15 is 0 Å². The number of carbonyl (C=O) groups is 2. The lowest BCUT2D eigenvalue weighted by molar-refractivity contribution is -0.117. The number of hydrogen-bond acceptors (Lipinski definition) is 5. The number of methoxy groups -OCH3 is 1. The number of anilines is 1. The summed E-state index contributed by atoms with van der Waals surface area (Å²) < 4.78 is 5.24. The Balaban J connectivity index is 1.98. The minimum absolute atomic E-state index is 0.0710. The minimum atomic E-state index is -0.449. The average molecular weight is 319 g/mol. The fraction of sp³-hybridized carbons (Fsp3) is 0.267. The molecule has 0 spiro atoms. The van der Waals surface area contributed by atoms with Crippen LogP contribution in [0.2, 0.25) is 0 Å². The smallest absolute Gasteiger partial charge is 0.230 e. The van der Waals surface area contributed by atoms with E-state index < -0.39 is 5.91 Å². The number of benzene rings is 1. The van der Waals surface area contributed by atoms with Crippen molar-refractivity contribution in [3.05, 3.63) is 40.4 Å². The van der Waals surface area contributed by atoms with Crippen molar-refractivity contribution in [2.75, 3.05) is 12.4 Å². The Bertz CT molecular complexity index is 697. The van der Waals surface area contributed by atoms with E-state index in [1.165, 1.54) is 11.3 Å². The standard InChI is InChI=1S/C15H17N3O3S/c1-9-3-4-10(5-12(9)21-2)6-14(20)18-15-17-11(8-22-15)7-13(16)19/h3-5,8H,6-7H2,1-2H3,(H2,16,19)(H,17,18,20). The molecule has 0 fully saturated rings. The molecular weight excluding hydrogens is 302 g/mol.